The first-order valence-electron chi connectivity index (χ1n) is 7.92. The lowest BCUT2D eigenvalue weighted by Crippen LogP contribution is -2.55. The Morgan fingerprint density at radius 3 is 2.64 bits per heavy atom. The van der Waals surface area contributed by atoms with Gasteiger partial charge in [-0.2, -0.15) is 0 Å². The molecule has 0 spiro atoms. The molecule has 0 aromatic heterocycles. The molecule has 136 valence electrons. The van der Waals surface area contributed by atoms with Gasteiger partial charge in [-0.15, -0.1) is 0 Å². The van der Waals surface area contributed by atoms with Crippen molar-refractivity contribution in [3.63, 3.8) is 0 Å². The van der Waals surface area contributed by atoms with Gasteiger partial charge in [0.25, 0.3) is 0 Å². The minimum atomic E-state index is -4.63. The van der Waals surface area contributed by atoms with Crippen molar-refractivity contribution in [2.24, 2.45) is 5.92 Å². The van der Waals surface area contributed by atoms with E-state index in [0.29, 0.717) is 13.0 Å². The first-order valence-corrected chi connectivity index (χ1v) is 9.45. The molecule has 0 radical (unpaired) electrons. The molecule has 1 aromatic rings. The van der Waals surface area contributed by atoms with Crippen LogP contribution >= 0.6 is 7.82 Å². The normalized spacial score (nSPS) is 25.1. The van der Waals surface area contributed by atoms with E-state index in [2.05, 4.69) is 4.52 Å². The van der Waals surface area contributed by atoms with Crippen molar-refractivity contribution in [1.82, 2.24) is 4.90 Å². The van der Waals surface area contributed by atoms with Crippen molar-refractivity contribution >= 4 is 19.7 Å². The minimum absolute atomic E-state index is 0.0881. The number of phosphoric ester groups is 1. The van der Waals surface area contributed by atoms with E-state index < -0.39 is 19.8 Å². The Kier molecular flexibility index (Phi) is 4.62. The Balaban J connectivity index is 2.00. The summed E-state index contributed by atoms with van der Waals surface area (Å²) in [6.07, 6.45) is 1.41. The number of likely N-dealkylation sites (tertiary alicyclic amines) is 1. The van der Waals surface area contributed by atoms with Gasteiger partial charge in [0.05, 0.1) is 7.11 Å². The van der Waals surface area contributed by atoms with E-state index in [1.54, 1.807) is 17.0 Å². The number of hydrogen-bond donors (Lipinski definition) is 2. The van der Waals surface area contributed by atoms with Crippen LogP contribution < -0.4 is 4.52 Å². The Bertz CT molecular complexity index is 759. The van der Waals surface area contributed by atoms with Crippen LogP contribution in [0.1, 0.15) is 30.4 Å². The average Bonchev–Trinajstić information content (AvgIpc) is 2.51. The maximum atomic E-state index is 12.3. The summed E-state index contributed by atoms with van der Waals surface area (Å²) < 4.78 is 20.6. The minimum Gasteiger partial charge on any atom is -0.467 e. The monoisotopic (exact) mass is 369 g/mol. The lowest BCUT2D eigenvalue weighted by molar-refractivity contribution is -0.156. The molecule has 1 aromatic carbocycles. The summed E-state index contributed by atoms with van der Waals surface area (Å²) in [5, 5.41) is 0. The van der Waals surface area contributed by atoms with Gasteiger partial charge in [-0.05, 0) is 42.0 Å². The van der Waals surface area contributed by atoms with Crippen LogP contribution in [0.3, 0.4) is 0 Å². The maximum Gasteiger partial charge on any atom is 0.524 e. The van der Waals surface area contributed by atoms with Crippen LogP contribution in [0.25, 0.3) is 0 Å². The highest BCUT2D eigenvalue weighted by atomic mass is 31.2. The van der Waals surface area contributed by atoms with Gasteiger partial charge in [-0.1, -0.05) is 6.07 Å². The molecule has 1 amide bonds. The zero-order valence-electron chi connectivity index (χ0n) is 13.9. The largest absolute Gasteiger partial charge is 0.524 e. The van der Waals surface area contributed by atoms with Crippen LogP contribution in [0, 0.1) is 5.92 Å². The summed E-state index contributed by atoms with van der Waals surface area (Å²) in [7, 11) is -3.33. The van der Waals surface area contributed by atoms with Crippen molar-refractivity contribution in [3.05, 3.63) is 29.3 Å². The van der Waals surface area contributed by atoms with E-state index in [4.69, 9.17) is 14.5 Å². The molecule has 1 fully saturated rings. The molecule has 25 heavy (non-hydrogen) atoms. The zero-order chi connectivity index (χ0) is 18.4. The van der Waals surface area contributed by atoms with Gasteiger partial charge in [-0.25, -0.2) is 9.36 Å². The first-order chi connectivity index (χ1) is 11.7. The number of esters is 1. The lowest BCUT2D eigenvalue weighted by Gasteiger charge is -2.46. The van der Waals surface area contributed by atoms with Crippen LogP contribution in [0.4, 0.5) is 0 Å². The highest BCUT2D eigenvalue weighted by Crippen LogP contribution is 2.45. The second-order valence-corrected chi connectivity index (χ2v) is 7.66. The zero-order valence-corrected chi connectivity index (χ0v) is 14.8. The molecular weight excluding hydrogens is 349 g/mol. The topological polar surface area (TPSA) is 113 Å². The molecule has 3 atom stereocenters. The molecule has 8 nitrogen and oxygen atoms in total. The van der Waals surface area contributed by atoms with Gasteiger partial charge < -0.3 is 14.2 Å². The summed E-state index contributed by atoms with van der Waals surface area (Å²) in [5.41, 5.74) is 1.76. The van der Waals surface area contributed by atoms with E-state index in [9.17, 15) is 14.2 Å². The number of benzene rings is 1. The quantitative estimate of drug-likeness (QED) is 0.608. The molecule has 1 aliphatic carbocycles. The second-order valence-electron chi connectivity index (χ2n) is 6.49. The van der Waals surface area contributed by atoms with E-state index in [1.165, 1.54) is 20.1 Å². The molecular formula is C16H20NO7P. The smallest absolute Gasteiger partial charge is 0.467 e. The molecule has 0 unspecified atom stereocenters. The third-order valence-corrected chi connectivity index (χ3v) is 5.30. The average molecular weight is 369 g/mol. The summed E-state index contributed by atoms with van der Waals surface area (Å²) in [6.45, 7) is 1.89. The first kappa shape index (κ1) is 17.9. The second kappa shape index (κ2) is 6.44. The number of carbonyl (C=O) groups is 2. The number of nitrogens with zero attached hydrogens (tertiary/aromatic N) is 1. The Labute approximate surface area is 145 Å². The van der Waals surface area contributed by atoms with Crippen LogP contribution in [0.15, 0.2) is 18.2 Å². The standard InChI is InChI=1S/C16H20NO7P/c1-9(18)17-8-10-5-11-7-12(24-25(20,21)22)3-4-13(11)14(6-10)15(17)16(19)23-2/h3-4,7,10,14-15H,5-6,8H2,1-2H3,(H2,20,21,22)/t10-,14-,15-/m1/s1. The highest BCUT2D eigenvalue weighted by Gasteiger charge is 2.46. The highest BCUT2D eigenvalue weighted by molar-refractivity contribution is 7.46. The number of ether oxygens (including phenoxy) is 1. The summed E-state index contributed by atoms with van der Waals surface area (Å²) in [6, 6.07) is 4.09. The van der Waals surface area contributed by atoms with Crippen molar-refractivity contribution < 1.29 is 33.2 Å². The SMILES string of the molecule is COC(=O)[C@H]1[C@@H]2C[C@@H](Cc3cc(OP(=O)(O)O)ccc32)CN1C(C)=O. The number of carbonyl (C=O) groups excluding carboxylic acids is 2. The van der Waals surface area contributed by atoms with E-state index >= 15 is 0 Å². The summed E-state index contributed by atoms with van der Waals surface area (Å²) in [4.78, 5) is 43.8. The van der Waals surface area contributed by atoms with E-state index in [1.807, 2.05) is 0 Å². The molecule has 1 saturated heterocycles. The fraction of sp³-hybridized carbons (Fsp3) is 0.500. The van der Waals surface area contributed by atoms with Crippen molar-refractivity contribution in [1.29, 1.82) is 0 Å². The third kappa shape index (κ3) is 3.56. The number of rotatable bonds is 3. The Hall–Kier alpha value is -1.89. The van der Waals surface area contributed by atoms with Gasteiger partial charge in [0.1, 0.15) is 11.8 Å². The molecule has 0 saturated carbocycles. The van der Waals surface area contributed by atoms with Crippen molar-refractivity contribution in [2.45, 2.75) is 31.7 Å². The van der Waals surface area contributed by atoms with Gasteiger partial charge in [0, 0.05) is 19.4 Å². The molecule has 3 rings (SSSR count). The summed E-state index contributed by atoms with van der Waals surface area (Å²) >= 11 is 0. The molecule has 2 bridgehead atoms. The van der Waals surface area contributed by atoms with Gasteiger partial charge in [0.2, 0.25) is 5.91 Å². The number of piperidine rings is 1. The van der Waals surface area contributed by atoms with Crippen LogP contribution in [0.5, 0.6) is 5.75 Å². The van der Waals surface area contributed by atoms with Crippen molar-refractivity contribution in [3.8, 4) is 5.75 Å². The number of methoxy groups -OCH3 is 1. The van der Waals surface area contributed by atoms with Crippen LogP contribution in [0.2, 0.25) is 0 Å². The fourth-order valence-electron chi connectivity index (χ4n) is 3.98. The lowest BCUT2D eigenvalue weighted by atomic mass is 9.70. The third-order valence-electron chi connectivity index (χ3n) is 4.85. The number of fused-ring (bicyclic) bond motifs is 4. The van der Waals surface area contributed by atoms with Gasteiger partial charge in [-0.3, -0.25) is 14.6 Å². The fourth-order valence-corrected chi connectivity index (χ4v) is 4.37. The van der Waals surface area contributed by atoms with Crippen LogP contribution in [-0.2, 0) is 25.3 Å². The maximum absolute atomic E-state index is 12.3. The van der Waals surface area contributed by atoms with Crippen molar-refractivity contribution in [2.75, 3.05) is 13.7 Å². The van der Waals surface area contributed by atoms with Gasteiger partial charge in [0.15, 0.2) is 0 Å². The number of phosphoric acid groups is 1. The molecule has 1 heterocycles. The molecule has 1 aliphatic heterocycles. The predicted molar refractivity (Wildman–Crippen MR) is 86.9 cm³/mol. The van der Waals surface area contributed by atoms with E-state index in [0.717, 1.165) is 17.5 Å². The summed E-state index contributed by atoms with van der Waals surface area (Å²) in [5.74, 6) is -0.572. The predicted octanol–water partition coefficient (Wildman–Crippen LogP) is 1.21. The van der Waals surface area contributed by atoms with Crippen LogP contribution in [-0.4, -0.2) is 46.3 Å². The number of amides is 1. The van der Waals surface area contributed by atoms with E-state index in [-0.39, 0.29) is 23.5 Å². The Morgan fingerprint density at radius 2 is 2.04 bits per heavy atom. The Morgan fingerprint density at radius 1 is 1.32 bits per heavy atom. The number of hydrogen-bond acceptors (Lipinski definition) is 5. The molecule has 9 heteroatoms. The molecule has 2 aliphatic rings. The van der Waals surface area contributed by atoms with Gasteiger partial charge >= 0.3 is 13.8 Å². The molecule has 2 N–H and O–H groups in total.